The van der Waals surface area contributed by atoms with Gasteiger partial charge >= 0.3 is 5.97 Å². The van der Waals surface area contributed by atoms with Crippen molar-refractivity contribution in [2.75, 3.05) is 19.7 Å². The minimum atomic E-state index is -0.151. The van der Waals surface area contributed by atoms with Gasteiger partial charge in [-0.1, -0.05) is 48.5 Å². The van der Waals surface area contributed by atoms with Crippen LogP contribution in [0.4, 0.5) is 0 Å². The number of likely N-dealkylation sites (tertiary alicyclic amines) is 1. The molecule has 0 N–H and O–H groups in total. The number of amides is 1. The van der Waals surface area contributed by atoms with Gasteiger partial charge in [-0.05, 0) is 38.3 Å². The van der Waals surface area contributed by atoms with Crippen LogP contribution in [0, 0.1) is 12.8 Å². The number of ether oxygens (including phenoxy) is 1. The summed E-state index contributed by atoms with van der Waals surface area (Å²) in [5.41, 5.74) is 4.43. The van der Waals surface area contributed by atoms with Gasteiger partial charge in [0.05, 0.1) is 23.6 Å². The van der Waals surface area contributed by atoms with Crippen LogP contribution < -0.4 is 0 Å². The van der Waals surface area contributed by atoms with E-state index in [4.69, 9.17) is 9.72 Å². The summed E-state index contributed by atoms with van der Waals surface area (Å²) >= 11 is 0. The Bertz CT molecular complexity index is 1070. The lowest BCUT2D eigenvalue weighted by Gasteiger charge is -2.31. The van der Waals surface area contributed by atoms with E-state index in [0.717, 1.165) is 27.7 Å². The number of hydrogen-bond donors (Lipinski definition) is 0. The van der Waals surface area contributed by atoms with E-state index in [1.54, 1.807) is 0 Å². The number of esters is 1. The van der Waals surface area contributed by atoms with Crippen molar-refractivity contribution in [1.29, 1.82) is 0 Å². The Balaban J connectivity index is 1.65. The fraction of sp³-hybridized carbons (Fsp3) is 0.320. The van der Waals surface area contributed by atoms with Gasteiger partial charge in [0, 0.05) is 29.7 Å². The molecule has 30 heavy (non-hydrogen) atoms. The molecule has 0 atom stereocenters. The Morgan fingerprint density at radius 3 is 2.50 bits per heavy atom. The van der Waals surface area contributed by atoms with Gasteiger partial charge in [-0.3, -0.25) is 14.6 Å². The Hall–Kier alpha value is -3.21. The lowest BCUT2D eigenvalue weighted by molar-refractivity contribution is -0.149. The molecule has 5 nitrogen and oxygen atoms in total. The summed E-state index contributed by atoms with van der Waals surface area (Å²) in [6.45, 7) is 5.25. The van der Waals surface area contributed by atoms with Gasteiger partial charge in [0.25, 0.3) is 5.91 Å². The molecular weight excluding hydrogens is 376 g/mol. The number of carbonyl (C=O) groups is 2. The molecule has 0 spiro atoms. The third-order valence-electron chi connectivity index (χ3n) is 5.68. The Kier molecular flexibility index (Phi) is 5.79. The van der Waals surface area contributed by atoms with Crippen molar-refractivity contribution in [3.8, 4) is 11.1 Å². The zero-order valence-corrected chi connectivity index (χ0v) is 17.4. The van der Waals surface area contributed by atoms with Gasteiger partial charge < -0.3 is 9.64 Å². The minimum absolute atomic E-state index is 0.00183. The number of aryl methyl sites for hydroxylation is 1. The molecule has 0 unspecified atom stereocenters. The molecular formula is C25H26N2O3. The van der Waals surface area contributed by atoms with Gasteiger partial charge in [-0.25, -0.2) is 0 Å². The van der Waals surface area contributed by atoms with Gasteiger partial charge in [0.15, 0.2) is 0 Å². The zero-order chi connectivity index (χ0) is 21.1. The standard InChI is InChI=1S/C25H26N2O3/c1-3-30-25(29)19-12-14-27(15-13-19)24(28)22-16-17(2)26-23-20(10-7-11-21(22)23)18-8-5-4-6-9-18/h4-11,16,19H,3,12-15H2,1-2H3. The van der Waals surface area contributed by atoms with Crippen LogP contribution in [0.3, 0.4) is 0 Å². The van der Waals surface area contributed by atoms with Crippen molar-refractivity contribution in [3.05, 3.63) is 65.9 Å². The average Bonchev–Trinajstić information content (AvgIpc) is 2.78. The molecule has 1 aliphatic heterocycles. The molecule has 4 rings (SSSR count). The highest BCUT2D eigenvalue weighted by atomic mass is 16.5. The van der Waals surface area contributed by atoms with Gasteiger partial charge in [0.2, 0.25) is 0 Å². The fourth-order valence-electron chi connectivity index (χ4n) is 4.15. The molecule has 1 fully saturated rings. The van der Waals surface area contributed by atoms with Crippen LogP contribution in [0.25, 0.3) is 22.0 Å². The summed E-state index contributed by atoms with van der Waals surface area (Å²) in [6.07, 6.45) is 1.28. The molecule has 5 heteroatoms. The Morgan fingerprint density at radius 2 is 1.80 bits per heavy atom. The second-order valence-electron chi connectivity index (χ2n) is 7.70. The number of benzene rings is 2. The molecule has 0 bridgehead atoms. The minimum Gasteiger partial charge on any atom is -0.466 e. The number of hydrogen-bond acceptors (Lipinski definition) is 4. The first-order valence-corrected chi connectivity index (χ1v) is 10.5. The molecule has 1 aliphatic rings. The van der Waals surface area contributed by atoms with E-state index in [9.17, 15) is 9.59 Å². The van der Waals surface area contributed by atoms with Crippen molar-refractivity contribution >= 4 is 22.8 Å². The molecule has 1 saturated heterocycles. The van der Waals surface area contributed by atoms with Crippen molar-refractivity contribution < 1.29 is 14.3 Å². The van der Waals surface area contributed by atoms with E-state index in [2.05, 4.69) is 12.1 Å². The number of carbonyl (C=O) groups excluding carboxylic acids is 2. The first kappa shape index (κ1) is 20.1. The first-order valence-electron chi connectivity index (χ1n) is 10.5. The summed E-state index contributed by atoms with van der Waals surface area (Å²) in [6, 6.07) is 18.0. The predicted molar refractivity (Wildman–Crippen MR) is 117 cm³/mol. The van der Waals surface area contributed by atoms with E-state index in [1.165, 1.54) is 0 Å². The van der Waals surface area contributed by atoms with Crippen LogP contribution in [0.15, 0.2) is 54.6 Å². The molecule has 0 saturated carbocycles. The second-order valence-corrected chi connectivity index (χ2v) is 7.70. The quantitative estimate of drug-likeness (QED) is 0.597. The number of nitrogens with zero attached hydrogens (tertiary/aromatic N) is 2. The molecule has 3 aromatic rings. The highest BCUT2D eigenvalue weighted by molar-refractivity contribution is 6.09. The van der Waals surface area contributed by atoms with Gasteiger partial charge in [0.1, 0.15) is 0 Å². The first-order chi connectivity index (χ1) is 14.6. The number of aromatic nitrogens is 1. The summed E-state index contributed by atoms with van der Waals surface area (Å²) in [4.78, 5) is 32.0. The summed E-state index contributed by atoms with van der Waals surface area (Å²) in [5.74, 6) is -0.269. The van der Waals surface area contributed by atoms with Crippen molar-refractivity contribution in [2.45, 2.75) is 26.7 Å². The van der Waals surface area contributed by atoms with Crippen molar-refractivity contribution in [1.82, 2.24) is 9.88 Å². The zero-order valence-electron chi connectivity index (χ0n) is 17.4. The monoisotopic (exact) mass is 402 g/mol. The largest absolute Gasteiger partial charge is 0.466 e. The van der Waals surface area contributed by atoms with Crippen LogP contribution in [0.2, 0.25) is 0 Å². The maximum absolute atomic E-state index is 13.4. The summed E-state index contributed by atoms with van der Waals surface area (Å²) < 4.78 is 5.14. The molecule has 154 valence electrons. The van der Waals surface area contributed by atoms with Crippen molar-refractivity contribution in [2.24, 2.45) is 5.92 Å². The van der Waals surface area contributed by atoms with E-state index in [0.29, 0.717) is 38.1 Å². The Morgan fingerprint density at radius 1 is 1.07 bits per heavy atom. The Labute approximate surface area is 176 Å². The molecule has 0 radical (unpaired) electrons. The number of piperidine rings is 1. The van der Waals surface area contributed by atoms with Crippen LogP contribution in [0.1, 0.15) is 35.8 Å². The maximum atomic E-state index is 13.4. The molecule has 0 aliphatic carbocycles. The lowest BCUT2D eigenvalue weighted by Crippen LogP contribution is -2.40. The third kappa shape index (κ3) is 3.92. The maximum Gasteiger partial charge on any atom is 0.309 e. The number of pyridine rings is 1. The fourth-order valence-corrected chi connectivity index (χ4v) is 4.15. The van der Waals surface area contributed by atoms with E-state index in [1.807, 2.05) is 61.2 Å². The van der Waals surface area contributed by atoms with Crippen LogP contribution in [0.5, 0.6) is 0 Å². The molecule has 2 heterocycles. The van der Waals surface area contributed by atoms with E-state index >= 15 is 0 Å². The molecule has 2 aromatic carbocycles. The van der Waals surface area contributed by atoms with E-state index in [-0.39, 0.29) is 17.8 Å². The second kappa shape index (κ2) is 8.66. The van der Waals surface area contributed by atoms with Gasteiger partial charge in [-0.15, -0.1) is 0 Å². The average molecular weight is 402 g/mol. The summed E-state index contributed by atoms with van der Waals surface area (Å²) in [7, 11) is 0. The van der Waals surface area contributed by atoms with Gasteiger partial charge in [-0.2, -0.15) is 0 Å². The highest BCUT2D eigenvalue weighted by Crippen LogP contribution is 2.31. The smallest absolute Gasteiger partial charge is 0.309 e. The number of fused-ring (bicyclic) bond motifs is 1. The number of para-hydroxylation sites is 1. The van der Waals surface area contributed by atoms with E-state index < -0.39 is 0 Å². The summed E-state index contributed by atoms with van der Waals surface area (Å²) in [5, 5.41) is 0.861. The molecule has 1 aromatic heterocycles. The SMILES string of the molecule is CCOC(=O)C1CCN(C(=O)c2cc(C)nc3c(-c4ccccc4)cccc23)CC1. The normalized spacial score (nSPS) is 14.7. The topological polar surface area (TPSA) is 59.5 Å². The van der Waals surface area contributed by atoms with Crippen LogP contribution >= 0.6 is 0 Å². The molecule has 1 amide bonds. The predicted octanol–water partition coefficient (Wildman–Crippen LogP) is 4.63. The highest BCUT2D eigenvalue weighted by Gasteiger charge is 2.29. The third-order valence-corrected chi connectivity index (χ3v) is 5.68. The lowest BCUT2D eigenvalue weighted by atomic mass is 9.95. The van der Waals surface area contributed by atoms with Crippen LogP contribution in [-0.4, -0.2) is 41.5 Å². The van der Waals surface area contributed by atoms with Crippen molar-refractivity contribution in [3.63, 3.8) is 0 Å². The number of rotatable bonds is 4. The van der Waals surface area contributed by atoms with Crippen LogP contribution in [-0.2, 0) is 9.53 Å².